The third-order valence-electron chi connectivity index (χ3n) is 5.39. The van der Waals surface area contributed by atoms with Gasteiger partial charge in [0.25, 0.3) is 0 Å². The van der Waals surface area contributed by atoms with Crippen LogP contribution in [0.5, 0.6) is 0 Å². The fraction of sp³-hybridized carbons (Fsp3) is 0.778. The Morgan fingerprint density at radius 1 is 1.17 bits per heavy atom. The molecule has 0 aliphatic carbocycles. The van der Waals surface area contributed by atoms with E-state index in [1.807, 2.05) is 12.1 Å². The van der Waals surface area contributed by atoms with Gasteiger partial charge in [-0.3, -0.25) is 4.90 Å². The molecule has 1 aromatic heterocycles. The van der Waals surface area contributed by atoms with Gasteiger partial charge >= 0.3 is 0 Å². The van der Waals surface area contributed by atoms with Crippen LogP contribution in [0.3, 0.4) is 0 Å². The van der Waals surface area contributed by atoms with Crippen LogP contribution >= 0.6 is 0 Å². The molecule has 0 amide bonds. The van der Waals surface area contributed by atoms with Gasteiger partial charge in [-0.2, -0.15) is 0 Å². The Morgan fingerprint density at radius 2 is 2.09 bits per heavy atom. The topological polar surface area (TPSA) is 38.1 Å². The van der Waals surface area contributed by atoms with Crippen molar-refractivity contribution in [1.29, 1.82) is 0 Å². The van der Waals surface area contributed by atoms with Gasteiger partial charge in [0.2, 0.25) is 0 Å². The predicted molar refractivity (Wildman–Crippen MR) is 87.3 cm³/mol. The zero-order chi connectivity index (χ0) is 15.5. The number of nitrogens with zero attached hydrogens (tertiary/aromatic N) is 2. The molecule has 5 heteroatoms. The van der Waals surface area contributed by atoms with Crippen molar-refractivity contribution < 1.29 is 13.9 Å². The van der Waals surface area contributed by atoms with Crippen LogP contribution in [0.1, 0.15) is 25.0 Å². The quantitative estimate of drug-likeness (QED) is 0.848. The predicted octanol–water partition coefficient (Wildman–Crippen LogP) is 1.98. The first kappa shape index (κ1) is 15.6. The molecule has 2 atom stereocenters. The van der Waals surface area contributed by atoms with Crippen LogP contribution in [0, 0.1) is 5.92 Å². The molecule has 128 valence electrons. The molecule has 0 radical (unpaired) electrons. The molecular weight excluding hydrogens is 292 g/mol. The maximum atomic E-state index is 6.31. The molecule has 0 bridgehead atoms. The number of furan rings is 1. The van der Waals surface area contributed by atoms with E-state index in [2.05, 4.69) is 9.80 Å². The lowest BCUT2D eigenvalue weighted by atomic mass is 9.94. The lowest BCUT2D eigenvalue weighted by molar-refractivity contribution is -0.0566. The normalized spacial score (nSPS) is 33.5. The zero-order valence-corrected chi connectivity index (χ0v) is 13.9. The summed E-state index contributed by atoms with van der Waals surface area (Å²) in [7, 11) is 0. The molecule has 0 N–H and O–H groups in total. The maximum absolute atomic E-state index is 6.31. The second-order valence-corrected chi connectivity index (χ2v) is 7.41. The summed E-state index contributed by atoms with van der Waals surface area (Å²) >= 11 is 0. The van der Waals surface area contributed by atoms with E-state index in [4.69, 9.17) is 13.9 Å². The molecule has 0 aromatic carbocycles. The average molecular weight is 320 g/mol. The van der Waals surface area contributed by atoms with Gasteiger partial charge in [0.1, 0.15) is 11.4 Å². The van der Waals surface area contributed by atoms with Crippen molar-refractivity contribution in [1.82, 2.24) is 9.80 Å². The highest BCUT2D eigenvalue weighted by atomic mass is 16.5. The fourth-order valence-corrected chi connectivity index (χ4v) is 4.34. The number of likely N-dealkylation sites (tertiary alicyclic amines) is 1. The summed E-state index contributed by atoms with van der Waals surface area (Å²) in [6.45, 7) is 8.87. The lowest BCUT2D eigenvalue weighted by Crippen LogP contribution is -2.44. The van der Waals surface area contributed by atoms with Crippen LogP contribution in [-0.4, -0.2) is 67.9 Å². The smallest absolute Gasteiger partial charge is 0.117 e. The molecule has 3 fully saturated rings. The van der Waals surface area contributed by atoms with Crippen LogP contribution in [0.15, 0.2) is 22.8 Å². The zero-order valence-electron chi connectivity index (χ0n) is 13.9. The van der Waals surface area contributed by atoms with Gasteiger partial charge in [-0.1, -0.05) is 0 Å². The molecule has 1 spiro atoms. The van der Waals surface area contributed by atoms with Crippen molar-refractivity contribution in [3.8, 4) is 0 Å². The molecule has 3 saturated heterocycles. The van der Waals surface area contributed by atoms with Crippen molar-refractivity contribution in [3.05, 3.63) is 24.2 Å². The van der Waals surface area contributed by atoms with Crippen LogP contribution in [0.2, 0.25) is 0 Å². The Balaban J connectivity index is 1.36. The van der Waals surface area contributed by atoms with Crippen molar-refractivity contribution in [3.63, 3.8) is 0 Å². The Morgan fingerprint density at radius 3 is 2.91 bits per heavy atom. The molecule has 3 aliphatic heterocycles. The molecule has 1 aromatic rings. The molecular formula is C18H28N2O3. The first-order valence-electron chi connectivity index (χ1n) is 9.00. The summed E-state index contributed by atoms with van der Waals surface area (Å²) in [5.41, 5.74) is -0.118. The van der Waals surface area contributed by atoms with Crippen molar-refractivity contribution >= 4 is 0 Å². The SMILES string of the molecule is c1coc(CN2CCOC[C@@]3(C[C@H](CN4CCCC4)CO3)C2)c1. The summed E-state index contributed by atoms with van der Waals surface area (Å²) in [4.78, 5) is 5.02. The highest BCUT2D eigenvalue weighted by Gasteiger charge is 2.43. The van der Waals surface area contributed by atoms with E-state index in [1.165, 1.54) is 32.5 Å². The van der Waals surface area contributed by atoms with E-state index < -0.39 is 0 Å². The number of ether oxygens (including phenoxy) is 2. The molecule has 0 unspecified atom stereocenters. The fourth-order valence-electron chi connectivity index (χ4n) is 4.34. The maximum Gasteiger partial charge on any atom is 0.117 e. The van der Waals surface area contributed by atoms with E-state index in [0.29, 0.717) is 5.92 Å². The van der Waals surface area contributed by atoms with Crippen LogP contribution in [-0.2, 0) is 16.0 Å². The Hall–Kier alpha value is -0.880. The largest absolute Gasteiger partial charge is 0.468 e. The van der Waals surface area contributed by atoms with Crippen LogP contribution in [0.25, 0.3) is 0 Å². The van der Waals surface area contributed by atoms with Crippen molar-refractivity contribution in [2.45, 2.75) is 31.4 Å². The van der Waals surface area contributed by atoms with Gasteiger partial charge in [0.15, 0.2) is 0 Å². The summed E-state index contributed by atoms with van der Waals surface area (Å²) in [6, 6.07) is 4.00. The van der Waals surface area contributed by atoms with Gasteiger partial charge in [0, 0.05) is 19.6 Å². The first-order chi connectivity index (χ1) is 11.3. The van der Waals surface area contributed by atoms with Gasteiger partial charge in [-0.05, 0) is 50.4 Å². The van der Waals surface area contributed by atoms with Crippen molar-refractivity contribution in [2.75, 3.05) is 52.5 Å². The van der Waals surface area contributed by atoms with Gasteiger partial charge < -0.3 is 18.8 Å². The summed E-state index contributed by atoms with van der Waals surface area (Å²) < 4.78 is 17.7. The van der Waals surface area contributed by atoms with E-state index in [-0.39, 0.29) is 5.60 Å². The minimum absolute atomic E-state index is 0.118. The van der Waals surface area contributed by atoms with Gasteiger partial charge in [-0.25, -0.2) is 0 Å². The molecule has 4 heterocycles. The molecule has 23 heavy (non-hydrogen) atoms. The second-order valence-electron chi connectivity index (χ2n) is 7.41. The van der Waals surface area contributed by atoms with Crippen molar-refractivity contribution in [2.24, 2.45) is 5.92 Å². The number of hydrogen-bond donors (Lipinski definition) is 0. The molecule has 0 saturated carbocycles. The Bertz CT molecular complexity index is 486. The second kappa shape index (κ2) is 6.93. The summed E-state index contributed by atoms with van der Waals surface area (Å²) in [5, 5.41) is 0. The number of hydrogen-bond acceptors (Lipinski definition) is 5. The number of rotatable bonds is 4. The monoisotopic (exact) mass is 320 g/mol. The average Bonchev–Trinajstić information content (AvgIpc) is 3.25. The minimum atomic E-state index is -0.118. The van der Waals surface area contributed by atoms with Gasteiger partial charge in [-0.15, -0.1) is 0 Å². The standard InChI is InChI=1S/C18H28N2O3/c1-2-6-19(5-1)11-16-10-18(23-13-16)14-20(7-9-21-15-18)12-17-4-3-8-22-17/h3-4,8,16H,1-2,5-7,9-15H2/t16-,18-/m1/s1. The van der Waals surface area contributed by atoms with E-state index in [1.54, 1.807) is 6.26 Å². The molecule has 4 rings (SSSR count). The third kappa shape index (κ3) is 3.79. The van der Waals surface area contributed by atoms with E-state index in [0.717, 1.165) is 51.6 Å². The molecule has 3 aliphatic rings. The Kier molecular flexibility index (Phi) is 4.71. The third-order valence-corrected chi connectivity index (χ3v) is 5.39. The lowest BCUT2D eigenvalue weighted by Gasteiger charge is -2.31. The van der Waals surface area contributed by atoms with E-state index >= 15 is 0 Å². The summed E-state index contributed by atoms with van der Waals surface area (Å²) in [5.74, 6) is 1.67. The van der Waals surface area contributed by atoms with Crippen LogP contribution < -0.4 is 0 Å². The molecule has 5 nitrogen and oxygen atoms in total. The minimum Gasteiger partial charge on any atom is -0.468 e. The van der Waals surface area contributed by atoms with E-state index in [9.17, 15) is 0 Å². The first-order valence-corrected chi connectivity index (χ1v) is 9.00. The highest BCUT2D eigenvalue weighted by Crippen LogP contribution is 2.34. The summed E-state index contributed by atoms with van der Waals surface area (Å²) in [6.07, 6.45) is 5.59. The van der Waals surface area contributed by atoms with Gasteiger partial charge in [0.05, 0.1) is 32.6 Å². The van der Waals surface area contributed by atoms with Crippen LogP contribution in [0.4, 0.5) is 0 Å². The highest BCUT2D eigenvalue weighted by molar-refractivity contribution is 5.00. The Labute approximate surface area is 138 Å².